The van der Waals surface area contributed by atoms with E-state index >= 15 is 0 Å². The van der Waals surface area contributed by atoms with Crippen molar-refractivity contribution in [1.82, 2.24) is 0 Å². The summed E-state index contributed by atoms with van der Waals surface area (Å²) in [7, 11) is 0. The third-order valence-corrected chi connectivity index (χ3v) is 3.59. The second-order valence-corrected chi connectivity index (χ2v) is 4.96. The van der Waals surface area contributed by atoms with Crippen LogP contribution in [-0.4, -0.2) is 0 Å². The lowest BCUT2D eigenvalue weighted by molar-refractivity contribution is -0.426. The van der Waals surface area contributed by atoms with Gasteiger partial charge in [0, 0.05) is 17.9 Å². The standard InChI is InChI=1S/C14H15NS/c1-11-6-7-12(2)13(9-11)10-16-14-5-3-4-8-15-14/h3-9H,10H2,1-2H3/p+1. The first-order chi connectivity index (χ1) is 7.75. The number of aromatic nitrogens is 1. The van der Waals surface area contributed by atoms with Crippen LogP contribution in [-0.2, 0) is 5.75 Å². The summed E-state index contributed by atoms with van der Waals surface area (Å²) in [6.07, 6.45) is 1.96. The summed E-state index contributed by atoms with van der Waals surface area (Å²) in [5.41, 5.74) is 4.12. The molecule has 0 saturated carbocycles. The molecular formula is C14H16NS+. The molecule has 82 valence electrons. The lowest BCUT2D eigenvalue weighted by Crippen LogP contribution is -2.03. The zero-order valence-electron chi connectivity index (χ0n) is 9.66. The van der Waals surface area contributed by atoms with Gasteiger partial charge in [-0.05, 0) is 31.0 Å². The number of nitrogens with one attached hydrogen (secondary N) is 1. The molecule has 16 heavy (non-hydrogen) atoms. The lowest BCUT2D eigenvalue weighted by atomic mass is 10.1. The topological polar surface area (TPSA) is 14.1 Å². The summed E-state index contributed by atoms with van der Waals surface area (Å²) in [6.45, 7) is 4.31. The van der Waals surface area contributed by atoms with Crippen molar-refractivity contribution in [1.29, 1.82) is 0 Å². The first-order valence-electron chi connectivity index (χ1n) is 5.41. The van der Waals surface area contributed by atoms with Crippen LogP contribution in [0.4, 0.5) is 0 Å². The maximum atomic E-state index is 3.24. The van der Waals surface area contributed by atoms with Crippen LogP contribution in [0, 0.1) is 13.8 Å². The maximum Gasteiger partial charge on any atom is 0.238 e. The molecule has 2 rings (SSSR count). The molecule has 2 aromatic rings. The Labute approximate surface area is 101 Å². The van der Waals surface area contributed by atoms with Crippen LogP contribution in [0.1, 0.15) is 16.7 Å². The molecule has 0 atom stereocenters. The van der Waals surface area contributed by atoms with Gasteiger partial charge in [-0.3, -0.25) is 0 Å². The van der Waals surface area contributed by atoms with Gasteiger partial charge in [-0.1, -0.05) is 35.5 Å². The Hall–Kier alpha value is -1.28. The Morgan fingerprint density at radius 2 is 2.00 bits per heavy atom. The van der Waals surface area contributed by atoms with Gasteiger partial charge in [-0.2, -0.15) is 0 Å². The molecule has 0 aliphatic carbocycles. The molecule has 0 unspecified atom stereocenters. The quantitative estimate of drug-likeness (QED) is 0.737. The zero-order valence-corrected chi connectivity index (χ0v) is 10.5. The molecule has 0 amide bonds. The molecule has 1 nitrogen and oxygen atoms in total. The van der Waals surface area contributed by atoms with Crippen molar-refractivity contribution in [3.8, 4) is 0 Å². The summed E-state index contributed by atoms with van der Waals surface area (Å²) in [4.78, 5) is 3.24. The van der Waals surface area contributed by atoms with Gasteiger partial charge in [0.05, 0.1) is 0 Å². The van der Waals surface area contributed by atoms with E-state index in [1.807, 2.05) is 24.0 Å². The van der Waals surface area contributed by atoms with Crippen LogP contribution in [0.2, 0.25) is 0 Å². The molecule has 0 bridgehead atoms. The van der Waals surface area contributed by atoms with E-state index in [2.05, 4.69) is 49.2 Å². The summed E-state index contributed by atoms with van der Waals surface area (Å²) < 4.78 is 0. The highest BCUT2D eigenvalue weighted by atomic mass is 32.2. The molecule has 0 saturated heterocycles. The molecule has 0 aliphatic heterocycles. The van der Waals surface area contributed by atoms with Crippen LogP contribution >= 0.6 is 11.8 Å². The van der Waals surface area contributed by atoms with Crippen molar-refractivity contribution < 1.29 is 4.98 Å². The second kappa shape index (κ2) is 5.17. The van der Waals surface area contributed by atoms with Crippen molar-refractivity contribution in [2.75, 3.05) is 0 Å². The maximum absolute atomic E-state index is 3.24. The van der Waals surface area contributed by atoms with Gasteiger partial charge >= 0.3 is 0 Å². The highest BCUT2D eigenvalue weighted by Gasteiger charge is 2.03. The fourth-order valence-corrected chi connectivity index (χ4v) is 2.53. The lowest BCUT2D eigenvalue weighted by Gasteiger charge is -2.04. The van der Waals surface area contributed by atoms with Crippen molar-refractivity contribution in [2.24, 2.45) is 0 Å². The number of aryl methyl sites for hydroxylation is 2. The Bertz CT molecular complexity index is 465. The van der Waals surface area contributed by atoms with Crippen LogP contribution in [0.15, 0.2) is 47.6 Å². The van der Waals surface area contributed by atoms with E-state index in [-0.39, 0.29) is 0 Å². The van der Waals surface area contributed by atoms with Gasteiger partial charge < -0.3 is 0 Å². The zero-order chi connectivity index (χ0) is 11.4. The minimum absolute atomic E-state index is 1.02. The highest BCUT2D eigenvalue weighted by Crippen LogP contribution is 2.21. The normalized spacial score (nSPS) is 10.4. The van der Waals surface area contributed by atoms with E-state index in [0.717, 1.165) is 5.75 Å². The summed E-state index contributed by atoms with van der Waals surface area (Å²) >= 11 is 1.84. The molecule has 0 aliphatic rings. The molecule has 1 aromatic heterocycles. The number of aromatic amines is 1. The SMILES string of the molecule is Cc1ccc(C)c(CSc2cccc[nH+]2)c1. The minimum atomic E-state index is 1.02. The number of hydrogen-bond donors (Lipinski definition) is 0. The fraction of sp³-hybridized carbons (Fsp3) is 0.214. The largest absolute Gasteiger partial charge is 0.238 e. The fourth-order valence-electron chi connectivity index (χ4n) is 1.58. The van der Waals surface area contributed by atoms with Gasteiger partial charge in [0.2, 0.25) is 5.03 Å². The van der Waals surface area contributed by atoms with E-state index in [9.17, 15) is 0 Å². The summed E-state index contributed by atoms with van der Waals surface area (Å²) in [5.74, 6) is 1.02. The Kier molecular flexibility index (Phi) is 3.62. The molecule has 1 heterocycles. The molecule has 0 radical (unpaired) electrons. The average Bonchev–Trinajstić information content (AvgIpc) is 2.32. The molecule has 1 N–H and O–H groups in total. The first-order valence-corrected chi connectivity index (χ1v) is 6.40. The van der Waals surface area contributed by atoms with Gasteiger partial charge in [0.15, 0.2) is 6.20 Å². The number of pyridine rings is 1. The number of H-pyrrole nitrogens is 1. The van der Waals surface area contributed by atoms with E-state index in [0.29, 0.717) is 0 Å². The van der Waals surface area contributed by atoms with E-state index in [1.165, 1.54) is 21.7 Å². The number of thioether (sulfide) groups is 1. The van der Waals surface area contributed by atoms with Gasteiger partial charge in [-0.25, -0.2) is 4.98 Å². The number of rotatable bonds is 3. The third-order valence-electron chi connectivity index (χ3n) is 2.57. The van der Waals surface area contributed by atoms with Gasteiger partial charge in [-0.15, -0.1) is 0 Å². The second-order valence-electron chi connectivity index (χ2n) is 3.95. The van der Waals surface area contributed by atoms with Crippen molar-refractivity contribution in [3.63, 3.8) is 0 Å². The third kappa shape index (κ3) is 2.86. The molecule has 0 fully saturated rings. The van der Waals surface area contributed by atoms with E-state index in [4.69, 9.17) is 0 Å². The Morgan fingerprint density at radius 1 is 1.12 bits per heavy atom. The van der Waals surface area contributed by atoms with Crippen LogP contribution in [0.5, 0.6) is 0 Å². The predicted octanol–water partition coefficient (Wildman–Crippen LogP) is 3.41. The van der Waals surface area contributed by atoms with Gasteiger partial charge in [0.25, 0.3) is 0 Å². The molecule has 2 heteroatoms. The van der Waals surface area contributed by atoms with Crippen molar-refractivity contribution >= 4 is 11.8 Å². The highest BCUT2D eigenvalue weighted by molar-refractivity contribution is 7.98. The Balaban J connectivity index is 2.08. The van der Waals surface area contributed by atoms with E-state index < -0.39 is 0 Å². The van der Waals surface area contributed by atoms with Crippen LogP contribution in [0.25, 0.3) is 0 Å². The molecule has 1 aromatic carbocycles. The predicted molar refractivity (Wildman–Crippen MR) is 68.5 cm³/mol. The molecular weight excluding hydrogens is 214 g/mol. The summed E-state index contributed by atoms with van der Waals surface area (Å²) in [6, 6.07) is 12.8. The smallest absolute Gasteiger partial charge is 0.206 e. The van der Waals surface area contributed by atoms with Crippen molar-refractivity contribution in [3.05, 3.63) is 59.3 Å². The van der Waals surface area contributed by atoms with Crippen molar-refractivity contribution in [2.45, 2.75) is 24.6 Å². The minimum Gasteiger partial charge on any atom is -0.206 e. The number of benzene rings is 1. The summed E-state index contributed by atoms with van der Waals surface area (Å²) in [5, 5.41) is 1.21. The monoisotopic (exact) mass is 230 g/mol. The number of hydrogen-bond acceptors (Lipinski definition) is 1. The van der Waals surface area contributed by atoms with Crippen LogP contribution < -0.4 is 4.98 Å². The van der Waals surface area contributed by atoms with E-state index in [1.54, 1.807) is 0 Å². The van der Waals surface area contributed by atoms with Gasteiger partial charge in [0.1, 0.15) is 0 Å². The Morgan fingerprint density at radius 3 is 2.75 bits per heavy atom. The molecule has 0 spiro atoms. The van der Waals surface area contributed by atoms with Crippen LogP contribution in [0.3, 0.4) is 0 Å². The first kappa shape index (κ1) is 11.2. The average molecular weight is 230 g/mol.